The fraction of sp³-hybridized carbons (Fsp3) is 0.700. The zero-order valence-electron chi connectivity index (χ0n) is 8.45. The summed E-state index contributed by atoms with van der Waals surface area (Å²) in [7, 11) is 0. The predicted octanol–water partition coefficient (Wildman–Crippen LogP) is 0.375. The Morgan fingerprint density at radius 3 is 3.29 bits per heavy atom. The van der Waals surface area contributed by atoms with Crippen LogP contribution in [0.2, 0.25) is 0 Å². The SMILES string of the molecule is NC1CCCN(CCc2cn[nH]c2)C1. The summed E-state index contributed by atoms with van der Waals surface area (Å²) in [6.07, 6.45) is 7.35. The number of aromatic nitrogens is 2. The fourth-order valence-electron chi connectivity index (χ4n) is 2.00. The number of nitrogens with one attached hydrogen (secondary N) is 1. The zero-order chi connectivity index (χ0) is 9.80. The maximum Gasteiger partial charge on any atom is 0.0519 e. The highest BCUT2D eigenvalue weighted by Crippen LogP contribution is 2.08. The Bertz CT molecular complexity index is 257. The summed E-state index contributed by atoms with van der Waals surface area (Å²) < 4.78 is 0. The third kappa shape index (κ3) is 2.56. The Labute approximate surface area is 84.5 Å². The lowest BCUT2D eigenvalue weighted by atomic mass is 10.1. The van der Waals surface area contributed by atoms with Gasteiger partial charge in [-0.25, -0.2) is 0 Å². The van der Waals surface area contributed by atoms with Crippen molar-refractivity contribution in [1.29, 1.82) is 0 Å². The van der Waals surface area contributed by atoms with Gasteiger partial charge in [0, 0.05) is 25.3 Å². The highest BCUT2D eigenvalue weighted by molar-refractivity contribution is 5.02. The third-order valence-electron chi connectivity index (χ3n) is 2.81. The first-order chi connectivity index (χ1) is 6.84. The van der Waals surface area contributed by atoms with Crippen LogP contribution in [0.4, 0.5) is 0 Å². The molecule has 4 heteroatoms. The quantitative estimate of drug-likeness (QED) is 0.731. The van der Waals surface area contributed by atoms with Crippen molar-refractivity contribution in [1.82, 2.24) is 15.1 Å². The Morgan fingerprint density at radius 2 is 2.57 bits per heavy atom. The van der Waals surface area contributed by atoms with Crippen LogP contribution in [0.5, 0.6) is 0 Å². The van der Waals surface area contributed by atoms with Gasteiger partial charge in [0.05, 0.1) is 6.20 Å². The molecule has 1 atom stereocenters. The second kappa shape index (κ2) is 4.57. The lowest BCUT2D eigenvalue weighted by Crippen LogP contribution is -2.43. The number of aromatic amines is 1. The van der Waals surface area contributed by atoms with Gasteiger partial charge in [-0.3, -0.25) is 5.10 Å². The van der Waals surface area contributed by atoms with Crippen molar-refractivity contribution in [2.75, 3.05) is 19.6 Å². The van der Waals surface area contributed by atoms with E-state index in [4.69, 9.17) is 5.73 Å². The molecule has 14 heavy (non-hydrogen) atoms. The van der Waals surface area contributed by atoms with E-state index < -0.39 is 0 Å². The number of rotatable bonds is 3. The Balaban J connectivity index is 1.75. The van der Waals surface area contributed by atoms with Gasteiger partial charge in [0.15, 0.2) is 0 Å². The maximum absolute atomic E-state index is 5.91. The van der Waals surface area contributed by atoms with Gasteiger partial charge in [0.1, 0.15) is 0 Å². The van der Waals surface area contributed by atoms with Gasteiger partial charge in [0.25, 0.3) is 0 Å². The van der Waals surface area contributed by atoms with E-state index in [0.717, 1.165) is 19.5 Å². The van der Waals surface area contributed by atoms with Gasteiger partial charge in [-0.2, -0.15) is 5.10 Å². The van der Waals surface area contributed by atoms with E-state index in [-0.39, 0.29) is 0 Å². The number of nitrogens with zero attached hydrogens (tertiary/aromatic N) is 2. The van der Waals surface area contributed by atoms with Crippen molar-refractivity contribution in [3.05, 3.63) is 18.0 Å². The van der Waals surface area contributed by atoms with Gasteiger partial charge in [0.2, 0.25) is 0 Å². The van der Waals surface area contributed by atoms with Crippen LogP contribution in [-0.2, 0) is 6.42 Å². The van der Waals surface area contributed by atoms with E-state index in [1.54, 1.807) is 0 Å². The average molecular weight is 194 g/mol. The standard InChI is InChI=1S/C10H18N4/c11-10-2-1-4-14(8-10)5-3-9-6-12-13-7-9/h6-7,10H,1-5,8,11H2,(H,12,13). The van der Waals surface area contributed by atoms with Crippen molar-refractivity contribution in [3.8, 4) is 0 Å². The van der Waals surface area contributed by atoms with E-state index >= 15 is 0 Å². The molecule has 1 aromatic heterocycles. The van der Waals surface area contributed by atoms with E-state index in [2.05, 4.69) is 15.1 Å². The summed E-state index contributed by atoms with van der Waals surface area (Å²) >= 11 is 0. The molecule has 0 amide bonds. The van der Waals surface area contributed by atoms with Crippen molar-refractivity contribution in [2.45, 2.75) is 25.3 Å². The smallest absolute Gasteiger partial charge is 0.0519 e. The molecule has 4 nitrogen and oxygen atoms in total. The maximum atomic E-state index is 5.91. The molecular formula is C10H18N4. The first kappa shape index (κ1) is 9.68. The molecule has 3 N–H and O–H groups in total. The molecular weight excluding hydrogens is 176 g/mol. The molecule has 0 radical (unpaired) electrons. The number of nitrogens with two attached hydrogens (primary N) is 1. The molecule has 0 spiro atoms. The fourth-order valence-corrected chi connectivity index (χ4v) is 2.00. The van der Waals surface area contributed by atoms with Crippen LogP contribution in [0.1, 0.15) is 18.4 Å². The molecule has 0 saturated carbocycles. The molecule has 1 aliphatic rings. The van der Waals surface area contributed by atoms with Gasteiger partial charge in [-0.15, -0.1) is 0 Å². The molecule has 1 saturated heterocycles. The molecule has 1 fully saturated rings. The summed E-state index contributed by atoms with van der Waals surface area (Å²) in [5, 5.41) is 6.77. The second-order valence-corrected chi connectivity index (χ2v) is 4.06. The van der Waals surface area contributed by atoms with Crippen molar-refractivity contribution in [2.24, 2.45) is 5.73 Å². The van der Waals surface area contributed by atoms with Gasteiger partial charge in [-0.1, -0.05) is 0 Å². The number of H-pyrrole nitrogens is 1. The highest BCUT2D eigenvalue weighted by Gasteiger charge is 2.15. The normalized spacial score (nSPS) is 23.9. The number of hydrogen-bond acceptors (Lipinski definition) is 3. The van der Waals surface area contributed by atoms with Crippen molar-refractivity contribution in [3.63, 3.8) is 0 Å². The van der Waals surface area contributed by atoms with E-state index in [1.807, 2.05) is 12.4 Å². The molecule has 0 aliphatic carbocycles. The molecule has 0 aromatic carbocycles. The summed E-state index contributed by atoms with van der Waals surface area (Å²) in [6, 6.07) is 0.382. The second-order valence-electron chi connectivity index (χ2n) is 4.06. The van der Waals surface area contributed by atoms with Gasteiger partial charge in [-0.05, 0) is 31.4 Å². The molecule has 78 valence electrons. The van der Waals surface area contributed by atoms with Gasteiger partial charge >= 0.3 is 0 Å². The zero-order valence-corrected chi connectivity index (χ0v) is 8.45. The van der Waals surface area contributed by atoms with Gasteiger partial charge < -0.3 is 10.6 Å². The lowest BCUT2D eigenvalue weighted by Gasteiger charge is -2.30. The molecule has 1 aliphatic heterocycles. The summed E-state index contributed by atoms with van der Waals surface area (Å²) in [5.74, 6) is 0. The van der Waals surface area contributed by atoms with Crippen molar-refractivity contribution >= 4 is 0 Å². The molecule has 1 aromatic rings. The number of piperidine rings is 1. The first-order valence-electron chi connectivity index (χ1n) is 5.30. The highest BCUT2D eigenvalue weighted by atomic mass is 15.1. The molecule has 1 unspecified atom stereocenters. The van der Waals surface area contributed by atoms with Crippen LogP contribution in [0.25, 0.3) is 0 Å². The largest absolute Gasteiger partial charge is 0.327 e. The van der Waals surface area contributed by atoms with Crippen LogP contribution in [0.3, 0.4) is 0 Å². The van der Waals surface area contributed by atoms with Crippen LogP contribution < -0.4 is 5.73 Å². The summed E-state index contributed by atoms with van der Waals surface area (Å²) in [4.78, 5) is 2.45. The summed E-state index contributed by atoms with van der Waals surface area (Å²) in [5.41, 5.74) is 7.20. The molecule has 2 heterocycles. The van der Waals surface area contributed by atoms with Crippen LogP contribution >= 0.6 is 0 Å². The average Bonchev–Trinajstić information content (AvgIpc) is 2.67. The van der Waals surface area contributed by atoms with Crippen LogP contribution in [0.15, 0.2) is 12.4 Å². The van der Waals surface area contributed by atoms with E-state index in [1.165, 1.54) is 24.9 Å². The lowest BCUT2D eigenvalue weighted by molar-refractivity contribution is 0.211. The number of likely N-dealkylation sites (tertiary alicyclic amines) is 1. The Hall–Kier alpha value is -0.870. The number of hydrogen-bond donors (Lipinski definition) is 2. The Kier molecular flexibility index (Phi) is 3.16. The first-order valence-corrected chi connectivity index (χ1v) is 5.30. The van der Waals surface area contributed by atoms with E-state index in [0.29, 0.717) is 6.04 Å². The van der Waals surface area contributed by atoms with Crippen LogP contribution in [-0.4, -0.2) is 40.8 Å². The topological polar surface area (TPSA) is 57.9 Å². The molecule has 0 bridgehead atoms. The minimum absolute atomic E-state index is 0.382. The minimum Gasteiger partial charge on any atom is -0.327 e. The van der Waals surface area contributed by atoms with E-state index in [9.17, 15) is 0 Å². The predicted molar refractivity (Wildman–Crippen MR) is 55.9 cm³/mol. The Morgan fingerprint density at radius 1 is 1.64 bits per heavy atom. The summed E-state index contributed by atoms with van der Waals surface area (Å²) in [6.45, 7) is 3.36. The minimum atomic E-state index is 0.382. The van der Waals surface area contributed by atoms with Crippen LogP contribution in [0, 0.1) is 0 Å². The monoisotopic (exact) mass is 194 g/mol. The van der Waals surface area contributed by atoms with Crippen molar-refractivity contribution < 1.29 is 0 Å². The molecule has 2 rings (SSSR count). The third-order valence-corrected chi connectivity index (χ3v) is 2.81.